The van der Waals surface area contributed by atoms with E-state index in [1.54, 1.807) is 17.5 Å². The van der Waals surface area contributed by atoms with Gasteiger partial charge in [-0.05, 0) is 42.5 Å². The van der Waals surface area contributed by atoms with E-state index >= 15 is 0 Å². The Morgan fingerprint density at radius 1 is 1.18 bits per heavy atom. The van der Waals surface area contributed by atoms with Gasteiger partial charge in [0, 0.05) is 18.7 Å². The molecule has 1 atom stereocenters. The highest BCUT2D eigenvalue weighted by Crippen LogP contribution is 2.36. The molecular weight excluding hydrogens is 402 g/mol. The molecule has 5 rings (SSSR count). The molecule has 0 spiro atoms. The largest absolute Gasteiger partial charge is 0.454 e. The Bertz CT molecular complexity index is 1090. The van der Waals surface area contributed by atoms with Crippen molar-refractivity contribution in [2.24, 2.45) is 0 Å². The van der Waals surface area contributed by atoms with Crippen LogP contribution in [0.1, 0.15) is 24.7 Å². The third-order valence-corrected chi connectivity index (χ3v) is 8.13. The Morgan fingerprint density at radius 3 is 2.93 bits per heavy atom. The smallest absolute Gasteiger partial charge is 0.252 e. The number of piperidine rings is 1. The van der Waals surface area contributed by atoms with Gasteiger partial charge in [0.05, 0.1) is 5.92 Å². The number of hydrogen-bond acceptors (Lipinski definition) is 8. The minimum atomic E-state index is -3.48. The van der Waals surface area contributed by atoms with Gasteiger partial charge in [-0.3, -0.25) is 0 Å². The number of rotatable bonds is 4. The number of benzene rings is 1. The van der Waals surface area contributed by atoms with Crippen molar-refractivity contribution in [1.82, 2.24) is 14.4 Å². The fourth-order valence-corrected chi connectivity index (χ4v) is 6.12. The lowest BCUT2D eigenvalue weighted by atomic mass is 10.00. The van der Waals surface area contributed by atoms with E-state index in [-0.39, 0.29) is 12.7 Å². The highest BCUT2D eigenvalue weighted by molar-refractivity contribution is 7.91. The molecule has 28 heavy (non-hydrogen) atoms. The lowest BCUT2D eigenvalue weighted by Gasteiger charge is -2.29. The molecule has 1 aromatic carbocycles. The summed E-state index contributed by atoms with van der Waals surface area (Å²) < 4.78 is 43.7. The van der Waals surface area contributed by atoms with Gasteiger partial charge in [-0.15, -0.1) is 11.3 Å². The second kappa shape index (κ2) is 6.87. The van der Waals surface area contributed by atoms with Gasteiger partial charge in [0.15, 0.2) is 11.5 Å². The molecule has 3 aromatic rings. The van der Waals surface area contributed by atoms with E-state index in [2.05, 4.69) is 10.1 Å². The molecule has 1 saturated heterocycles. The SMILES string of the molecule is O=S(=O)(c1cccs1)N1CCC[C@@H](c2nc(-c3ccc4c(c3)OCO4)no2)C1. The van der Waals surface area contributed by atoms with Crippen LogP contribution in [-0.2, 0) is 10.0 Å². The lowest BCUT2D eigenvalue weighted by Crippen LogP contribution is -2.38. The van der Waals surface area contributed by atoms with Crippen LogP contribution in [0.3, 0.4) is 0 Å². The number of nitrogens with zero attached hydrogens (tertiary/aromatic N) is 3. The standard InChI is InChI=1S/C18H17N3O5S2/c22-28(23,16-4-2-8-27-16)21-7-1-3-13(10-21)18-19-17(20-26-18)12-5-6-14-15(9-12)25-11-24-14/h2,4-6,8-9,13H,1,3,7,10-11H2/t13-/m1/s1. The molecule has 0 amide bonds. The van der Waals surface area contributed by atoms with Crippen molar-refractivity contribution in [3.05, 3.63) is 41.6 Å². The van der Waals surface area contributed by atoms with Gasteiger partial charge in [0.1, 0.15) is 4.21 Å². The Balaban J connectivity index is 1.37. The monoisotopic (exact) mass is 419 g/mol. The van der Waals surface area contributed by atoms with Crippen molar-refractivity contribution in [2.75, 3.05) is 19.9 Å². The summed E-state index contributed by atoms with van der Waals surface area (Å²) in [4.78, 5) is 4.52. The molecule has 146 valence electrons. The zero-order valence-corrected chi connectivity index (χ0v) is 16.4. The Morgan fingerprint density at radius 2 is 2.07 bits per heavy atom. The summed E-state index contributed by atoms with van der Waals surface area (Å²) in [5, 5.41) is 5.84. The molecule has 0 radical (unpaired) electrons. The summed E-state index contributed by atoms with van der Waals surface area (Å²) in [5.74, 6) is 2.12. The fourth-order valence-electron chi connectivity index (χ4n) is 3.45. The topological polar surface area (TPSA) is 94.8 Å². The molecule has 0 N–H and O–H groups in total. The predicted molar refractivity (Wildman–Crippen MR) is 101 cm³/mol. The molecular formula is C18H17N3O5S2. The highest BCUT2D eigenvalue weighted by atomic mass is 32.2. The number of ether oxygens (including phenoxy) is 2. The van der Waals surface area contributed by atoms with E-state index in [0.717, 1.165) is 18.4 Å². The van der Waals surface area contributed by atoms with E-state index in [1.165, 1.54) is 15.6 Å². The summed E-state index contributed by atoms with van der Waals surface area (Å²) in [6.45, 7) is 1.04. The van der Waals surface area contributed by atoms with Gasteiger partial charge >= 0.3 is 0 Å². The highest BCUT2D eigenvalue weighted by Gasteiger charge is 2.34. The average Bonchev–Trinajstić information content (AvgIpc) is 3.49. The zero-order chi connectivity index (χ0) is 19.1. The van der Waals surface area contributed by atoms with Gasteiger partial charge < -0.3 is 14.0 Å². The molecule has 8 nitrogen and oxygen atoms in total. The summed E-state index contributed by atoms with van der Waals surface area (Å²) in [6.07, 6.45) is 1.55. The molecule has 0 aliphatic carbocycles. The van der Waals surface area contributed by atoms with Crippen LogP contribution in [0.15, 0.2) is 44.4 Å². The lowest BCUT2D eigenvalue weighted by molar-refractivity contribution is 0.174. The van der Waals surface area contributed by atoms with Gasteiger partial charge in [0.25, 0.3) is 10.0 Å². The molecule has 0 unspecified atom stereocenters. The molecule has 1 fully saturated rings. The first-order chi connectivity index (χ1) is 13.6. The van der Waals surface area contributed by atoms with Crippen molar-refractivity contribution in [1.29, 1.82) is 0 Å². The van der Waals surface area contributed by atoms with Crippen LogP contribution < -0.4 is 9.47 Å². The normalized spacial score (nSPS) is 19.8. The minimum absolute atomic E-state index is 0.126. The Hall–Kier alpha value is -2.43. The maximum atomic E-state index is 12.8. The van der Waals surface area contributed by atoms with Crippen LogP contribution in [0.5, 0.6) is 11.5 Å². The zero-order valence-electron chi connectivity index (χ0n) is 14.8. The van der Waals surface area contributed by atoms with Gasteiger partial charge in [0.2, 0.25) is 18.5 Å². The van der Waals surface area contributed by atoms with Gasteiger partial charge in [-0.1, -0.05) is 11.2 Å². The van der Waals surface area contributed by atoms with Crippen molar-refractivity contribution < 1.29 is 22.4 Å². The average molecular weight is 419 g/mol. The van der Waals surface area contributed by atoms with E-state index in [4.69, 9.17) is 14.0 Å². The summed E-state index contributed by atoms with van der Waals surface area (Å²) in [7, 11) is -3.48. The van der Waals surface area contributed by atoms with Crippen LogP contribution in [0.25, 0.3) is 11.4 Å². The molecule has 0 bridgehead atoms. The molecule has 2 aliphatic heterocycles. The molecule has 4 heterocycles. The number of fused-ring (bicyclic) bond motifs is 1. The van der Waals surface area contributed by atoms with Crippen molar-refractivity contribution in [3.63, 3.8) is 0 Å². The number of sulfonamides is 1. The van der Waals surface area contributed by atoms with Crippen molar-refractivity contribution in [3.8, 4) is 22.9 Å². The van der Waals surface area contributed by atoms with Crippen LogP contribution in [0.2, 0.25) is 0 Å². The predicted octanol–water partition coefficient (Wildman–Crippen LogP) is 3.10. The molecule has 2 aromatic heterocycles. The van der Waals surface area contributed by atoms with Crippen LogP contribution in [0.4, 0.5) is 0 Å². The second-order valence-corrected chi connectivity index (χ2v) is 9.77. The minimum Gasteiger partial charge on any atom is -0.454 e. The van der Waals surface area contributed by atoms with Crippen LogP contribution in [-0.4, -0.2) is 42.7 Å². The van der Waals surface area contributed by atoms with Gasteiger partial charge in [-0.25, -0.2) is 8.42 Å². The first-order valence-electron chi connectivity index (χ1n) is 8.88. The third kappa shape index (κ3) is 3.07. The van der Waals surface area contributed by atoms with E-state index in [1.807, 2.05) is 18.2 Å². The van der Waals surface area contributed by atoms with E-state index < -0.39 is 10.0 Å². The maximum absolute atomic E-state index is 12.8. The summed E-state index contributed by atoms with van der Waals surface area (Å²) in [6, 6.07) is 8.84. The van der Waals surface area contributed by atoms with Crippen LogP contribution in [0, 0.1) is 0 Å². The summed E-state index contributed by atoms with van der Waals surface area (Å²) in [5.41, 5.74) is 0.762. The fraction of sp³-hybridized carbons (Fsp3) is 0.333. The van der Waals surface area contributed by atoms with Crippen molar-refractivity contribution >= 4 is 21.4 Å². The maximum Gasteiger partial charge on any atom is 0.252 e. The number of aromatic nitrogens is 2. The molecule has 10 heteroatoms. The molecule has 0 saturated carbocycles. The van der Waals surface area contributed by atoms with E-state index in [0.29, 0.717) is 40.5 Å². The van der Waals surface area contributed by atoms with Crippen molar-refractivity contribution in [2.45, 2.75) is 23.0 Å². The summed E-state index contributed by atoms with van der Waals surface area (Å²) >= 11 is 1.23. The van der Waals surface area contributed by atoms with Crippen LogP contribution >= 0.6 is 11.3 Å². The first-order valence-corrected chi connectivity index (χ1v) is 11.2. The van der Waals surface area contributed by atoms with Gasteiger partial charge in [-0.2, -0.15) is 9.29 Å². The van der Waals surface area contributed by atoms with E-state index in [9.17, 15) is 8.42 Å². The first kappa shape index (κ1) is 17.7. The third-order valence-electron chi connectivity index (χ3n) is 4.90. The molecule has 2 aliphatic rings. The number of thiophene rings is 1. The quantitative estimate of drug-likeness (QED) is 0.641. The Labute approximate surface area is 165 Å². The second-order valence-electron chi connectivity index (χ2n) is 6.66. The Kier molecular flexibility index (Phi) is 4.33. The number of hydrogen-bond donors (Lipinski definition) is 0.